The van der Waals surface area contributed by atoms with Gasteiger partial charge < -0.3 is 4.74 Å². The molecular formula is C14H12N2O. The van der Waals surface area contributed by atoms with E-state index in [0.29, 0.717) is 11.4 Å². The van der Waals surface area contributed by atoms with Crippen molar-refractivity contribution in [1.82, 2.24) is 4.98 Å². The lowest BCUT2D eigenvalue weighted by Crippen LogP contribution is -1.94. The third-order valence-electron chi connectivity index (χ3n) is 2.42. The van der Waals surface area contributed by atoms with E-state index < -0.39 is 0 Å². The molecule has 17 heavy (non-hydrogen) atoms. The summed E-state index contributed by atoms with van der Waals surface area (Å²) < 4.78 is 5.68. The van der Waals surface area contributed by atoms with Crippen LogP contribution in [0.1, 0.15) is 16.8 Å². The number of hydrogen-bond acceptors (Lipinski definition) is 3. The smallest absolute Gasteiger partial charge is 0.237 e. The minimum Gasteiger partial charge on any atom is -0.437 e. The van der Waals surface area contributed by atoms with Crippen molar-refractivity contribution in [2.45, 2.75) is 13.8 Å². The maximum absolute atomic E-state index is 8.99. The topological polar surface area (TPSA) is 45.9 Å². The molecule has 0 aliphatic heterocycles. The Balaban J connectivity index is 2.40. The van der Waals surface area contributed by atoms with Gasteiger partial charge in [0.2, 0.25) is 5.88 Å². The molecule has 0 fully saturated rings. The Bertz CT molecular complexity index is 585. The zero-order chi connectivity index (χ0) is 12.3. The number of nitrogens with zero attached hydrogens (tertiary/aromatic N) is 2. The number of nitriles is 1. The van der Waals surface area contributed by atoms with Crippen LogP contribution in [0.3, 0.4) is 0 Å². The highest BCUT2D eigenvalue weighted by molar-refractivity contribution is 5.43. The normalized spacial score (nSPS) is 9.71. The van der Waals surface area contributed by atoms with Crippen molar-refractivity contribution in [2.24, 2.45) is 0 Å². The molecule has 0 bridgehead atoms. The molecule has 0 amide bonds. The van der Waals surface area contributed by atoms with Gasteiger partial charge in [0, 0.05) is 5.69 Å². The van der Waals surface area contributed by atoms with E-state index in [9.17, 15) is 0 Å². The molecule has 0 saturated carbocycles. The molecule has 0 unspecified atom stereocenters. The number of ether oxygens (including phenoxy) is 1. The fourth-order valence-corrected chi connectivity index (χ4v) is 1.47. The molecule has 0 radical (unpaired) electrons. The minimum absolute atomic E-state index is 0.363. The van der Waals surface area contributed by atoms with Gasteiger partial charge >= 0.3 is 0 Å². The fraction of sp³-hybridized carbons (Fsp3) is 0.143. The van der Waals surface area contributed by atoms with Gasteiger partial charge in [0.25, 0.3) is 0 Å². The van der Waals surface area contributed by atoms with Gasteiger partial charge in [0.05, 0.1) is 0 Å². The average molecular weight is 224 g/mol. The number of aryl methyl sites for hydroxylation is 2. The summed E-state index contributed by atoms with van der Waals surface area (Å²) in [4.78, 5) is 4.24. The summed E-state index contributed by atoms with van der Waals surface area (Å²) in [7, 11) is 0. The Morgan fingerprint density at radius 3 is 2.59 bits per heavy atom. The molecule has 0 aliphatic rings. The summed E-state index contributed by atoms with van der Waals surface area (Å²) in [6.07, 6.45) is 0. The molecule has 1 aromatic carbocycles. The first-order chi connectivity index (χ1) is 8.20. The molecule has 3 heteroatoms. The van der Waals surface area contributed by atoms with Gasteiger partial charge in [-0.15, -0.1) is 0 Å². The van der Waals surface area contributed by atoms with E-state index >= 15 is 0 Å². The van der Waals surface area contributed by atoms with Crippen molar-refractivity contribution >= 4 is 0 Å². The number of para-hydroxylation sites is 1. The molecular weight excluding hydrogens is 212 g/mol. The van der Waals surface area contributed by atoms with Gasteiger partial charge in [0.15, 0.2) is 0 Å². The Morgan fingerprint density at radius 1 is 1.12 bits per heavy atom. The van der Waals surface area contributed by atoms with Crippen molar-refractivity contribution in [3.05, 3.63) is 53.2 Å². The maximum Gasteiger partial charge on any atom is 0.237 e. The van der Waals surface area contributed by atoms with Crippen LogP contribution in [0.4, 0.5) is 0 Å². The second-order valence-electron chi connectivity index (χ2n) is 3.78. The summed E-state index contributed by atoms with van der Waals surface area (Å²) in [6.45, 7) is 3.82. The Labute approximate surface area is 100 Å². The predicted molar refractivity (Wildman–Crippen MR) is 64.9 cm³/mol. The molecule has 2 aromatic rings. The van der Waals surface area contributed by atoms with Crippen LogP contribution in [0.2, 0.25) is 0 Å². The summed E-state index contributed by atoms with van der Waals surface area (Å²) in [5.74, 6) is 1.09. The average Bonchev–Trinajstić information content (AvgIpc) is 2.32. The number of rotatable bonds is 2. The second-order valence-corrected chi connectivity index (χ2v) is 3.78. The van der Waals surface area contributed by atoms with Crippen LogP contribution < -0.4 is 4.74 Å². The Kier molecular flexibility index (Phi) is 3.06. The van der Waals surface area contributed by atoms with Gasteiger partial charge in [0.1, 0.15) is 17.4 Å². The van der Waals surface area contributed by atoms with Crippen molar-refractivity contribution in [3.63, 3.8) is 0 Å². The molecule has 84 valence electrons. The lowest BCUT2D eigenvalue weighted by atomic mass is 10.2. The van der Waals surface area contributed by atoms with E-state index in [1.807, 2.05) is 38.1 Å². The first-order valence-electron chi connectivity index (χ1n) is 5.32. The summed E-state index contributed by atoms with van der Waals surface area (Å²) in [5.41, 5.74) is 2.28. The van der Waals surface area contributed by atoms with Crippen LogP contribution in [0.5, 0.6) is 11.6 Å². The quantitative estimate of drug-likeness (QED) is 0.785. The standard InChI is InChI=1S/C14H12N2O/c1-10-5-3-4-6-13(10)17-14-12(9-15)8-7-11(2)16-14/h3-8H,1-2H3. The van der Waals surface area contributed by atoms with Crippen LogP contribution in [0, 0.1) is 25.2 Å². The molecule has 0 atom stereocenters. The fourth-order valence-electron chi connectivity index (χ4n) is 1.47. The highest BCUT2D eigenvalue weighted by Gasteiger charge is 2.07. The van der Waals surface area contributed by atoms with Gasteiger partial charge in [-0.05, 0) is 37.6 Å². The number of benzene rings is 1. The van der Waals surface area contributed by atoms with E-state index in [2.05, 4.69) is 11.1 Å². The zero-order valence-corrected chi connectivity index (χ0v) is 9.77. The molecule has 0 saturated heterocycles. The minimum atomic E-state index is 0.363. The molecule has 3 nitrogen and oxygen atoms in total. The van der Waals surface area contributed by atoms with Crippen LogP contribution in [0.15, 0.2) is 36.4 Å². The van der Waals surface area contributed by atoms with Crippen molar-refractivity contribution < 1.29 is 4.74 Å². The van der Waals surface area contributed by atoms with E-state index in [4.69, 9.17) is 10.00 Å². The molecule has 0 spiro atoms. The SMILES string of the molecule is Cc1ccc(C#N)c(Oc2ccccc2C)n1. The van der Waals surface area contributed by atoms with Gasteiger partial charge in [-0.2, -0.15) is 5.26 Å². The van der Waals surface area contributed by atoms with Gasteiger partial charge in [-0.25, -0.2) is 4.98 Å². The van der Waals surface area contributed by atoms with E-state index in [1.54, 1.807) is 12.1 Å². The Hall–Kier alpha value is -2.34. The number of aromatic nitrogens is 1. The first kappa shape index (κ1) is 11.2. The molecule has 0 aliphatic carbocycles. The van der Waals surface area contributed by atoms with E-state index in [1.165, 1.54) is 0 Å². The molecule has 2 rings (SSSR count). The zero-order valence-electron chi connectivity index (χ0n) is 9.77. The van der Waals surface area contributed by atoms with Gasteiger partial charge in [-0.3, -0.25) is 0 Å². The summed E-state index contributed by atoms with van der Waals surface area (Å²) in [5, 5.41) is 8.99. The third kappa shape index (κ3) is 2.43. The third-order valence-corrected chi connectivity index (χ3v) is 2.42. The largest absolute Gasteiger partial charge is 0.437 e. The highest BCUT2D eigenvalue weighted by Crippen LogP contribution is 2.25. The monoisotopic (exact) mass is 224 g/mol. The van der Waals surface area contributed by atoms with Crippen LogP contribution in [0.25, 0.3) is 0 Å². The number of hydrogen-bond donors (Lipinski definition) is 0. The second kappa shape index (κ2) is 4.67. The molecule has 1 aromatic heterocycles. The van der Waals surface area contributed by atoms with E-state index in [-0.39, 0.29) is 0 Å². The summed E-state index contributed by atoms with van der Waals surface area (Å²) in [6, 6.07) is 13.2. The highest BCUT2D eigenvalue weighted by atomic mass is 16.5. The molecule has 0 N–H and O–H groups in total. The van der Waals surface area contributed by atoms with Crippen LogP contribution >= 0.6 is 0 Å². The van der Waals surface area contributed by atoms with E-state index in [0.717, 1.165) is 17.0 Å². The van der Waals surface area contributed by atoms with Crippen molar-refractivity contribution in [2.75, 3.05) is 0 Å². The van der Waals surface area contributed by atoms with Crippen LogP contribution in [-0.2, 0) is 0 Å². The summed E-state index contributed by atoms with van der Waals surface area (Å²) >= 11 is 0. The lowest BCUT2D eigenvalue weighted by Gasteiger charge is -2.09. The predicted octanol–water partition coefficient (Wildman–Crippen LogP) is 3.36. The lowest BCUT2D eigenvalue weighted by molar-refractivity contribution is 0.456. The van der Waals surface area contributed by atoms with Crippen LogP contribution in [-0.4, -0.2) is 4.98 Å². The Morgan fingerprint density at radius 2 is 1.88 bits per heavy atom. The number of pyridine rings is 1. The maximum atomic E-state index is 8.99. The van der Waals surface area contributed by atoms with Crippen molar-refractivity contribution in [1.29, 1.82) is 5.26 Å². The van der Waals surface area contributed by atoms with Gasteiger partial charge in [-0.1, -0.05) is 18.2 Å². The first-order valence-corrected chi connectivity index (χ1v) is 5.32. The molecule has 1 heterocycles. The van der Waals surface area contributed by atoms with Crippen molar-refractivity contribution in [3.8, 4) is 17.7 Å².